The van der Waals surface area contributed by atoms with Gasteiger partial charge in [-0.1, -0.05) is 12.8 Å². The molecule has 1 saturated carbocycles. The van der Waals surface area contributed by atoms with Gasteiger partial charge >= 0.3 is 5.97 Å². The first kappa shape index (κ1) is 14.1. The highest BCUT2D eigenvalue weighted by atomic mass is 32.2. The molecule has 2 N–H and O–H groups in total. The number of nitrogens with one attached hydrogen (secondary N) is 1. The average molecular weight is 287 g/mol. The first-order chi connectivity index (χ1) is 9.00. The number of carboxylic acid groups (broad SMARTS) is 1. The topological polar surface area (TPSA) is 96.6 Å². The molecule has 1 aliphatic rings. The maximum Gasteiger partial charge on any atom is 0.306 e. The Hall–Kier alpha value is -1.34. The van der Waals surface area contributed by atoms with Gasteiger partial charge < -0.3 is 9.52 Å². The molecule has 7 heteroatoms. The minimum atomic E-state index is -3.68. The molecule has 6 nitrogen and oxygen atoms in total. The van der Waals surface area contributed by atoms with E-state index in [0.29, 0.717) is 6.42 Å². The van der Waals surface area contributed by atoms with Gasteiger partial charge in [-0.3, -0.25) is 4.79 Å². The Labute approximate surface area is 111 Å². The molecule has 0 unspecified atom stereocenters. The van der Waals surface area contributed by atoms with Crippen molar-refractivity contribution in [3.05, 3.63) is 18.4 Å². The third-order valence-corrected chi connectivity index (χ3v) is 4.83. The molecule has 0 aromatic carbocycles. The van der Waals surface area contributed by atoms with E-state index in [1.54, 1.807) is 0 Å². The number of carboxylic acids is 1. The van der Waals surface area contributed by atoms with E-state index in [2.05, 4.69) is 4.72 Å². The van der Waals surface area contributed by atoms with Crippen molar-refractivity contribution in [3.8, 4) is 0 Å². The molecule has 1 aliphatic carbocycles. The average Bonchev–Trinajstić information content (AvgIpc) is 2.91. The fraction of sp³-hybridized carbons (Fsp3) is 0.583. The summed E-state index contributed by atoms with van der Waals surface area (Å²) in [4.78, 5) is 11.1. The zero-order valence-corrected chi connectivity index (χ0v) is 11.2. The number of carbonyl (C=O) groups is 1. The van der Waals surface area contributed by atoms with E-state index < -0.39 is 21.9 Å². The Morgan fingerprint density at radius 2 is 2.16 bits per heavy atom. The molecule has 1 aromatic rings. The van der Waals surface area contributed by atoms with Crippen molar-refractivity contribution in [1.29, 1.82) is 0 Å². The molecule has 106 valence electrons. The summed E-state index contributed by atoms with van der Waals surface area (Å²) in [5, 5.41) is 8.98. The van der Waals surface area contributed by atoms with Crippen LogP contribution in [-0.2, 0) is 14.8 Å². The van der Waals surface area contributed by atoms with Gasteiger partial charge in [-0.05, 0) is 30.9 Å². The van der Waals surface area contributed by atoms with Crippen molar-refractivity contribution < 1.29 is 22.7 Å². The number of aliphatic carboxylic acids is 1. The van der Waals surface area contributed by atoms with Crippen LogP contribution in [0, 0.1) is 11.8 Å². The van der Waals surface area contributed by atoms with Gasteiger partial charge in [-0.2, -0.15) is 0 Å². The van der Waals surface area contributed by atoms with E-state index in [0.717, 1.165) is 19.3 Å². The Morgan fingerprint density at radius 3 is 2.79 bits per heavy atom. The minimum absolute atomic E-state index is 0.139. The van der Waals surface area contributed by atoms with Gasteiger partial charge in [-0.25, -0.2) is 13.1 Å². The lowest BCUT2D eigenvalue weighted by Gasteiger charge is -2.28. The molecular formula is C12H17NO5S. The normalized spacial score (nSPS) is 24.2. The van der Waals surface area contributed by atoms with Crippen LogP contribution in [0.2, 0.25) is 0 Å². The van der Waals surface area contributed by atoms with E-state index >= 15 is 0 Å². The highest BCUT2D eigenvalue weighted by molar-refractivity contribution is 7.89. The Bertz CT molecular complexity index is 522. The molecule has 0 aliphatic heterocycles. The summed E-state index contributed by atoms with van der Waals surface area (Å²) in [5.74, 6) is -1.47. The van der Waals surface area contributed by atoms with E-state index in [4.69, 9.17) is 9.52 Å². The summed E-state index contributed by atoms with van der Waals surface area (Å²) in [6.45, 7) is 0.139. The zero-order valence-electron chi connectivity index (χ0n) is 10.4. The summed E-state index contributed by atoms with van der Waals surface area (Å²) in [7, 11) is -3.68. The molecule has 2 atom stereocenters. The van der Waals surface area contributed by atoms with Crippen LogP contribution >= 0.6 is 0 Å². The van der Waals surface area contributed by atoms with Crippen LogP contribution in [0.15, 0.2) is 27.9 Å². The number of rotatable bonds is 5. The van der Waals surface area contributed by atoms with Crippen LogP contribution < -0.4 is 4.72 Å². The SMILES string of the molecule is O=C(O)[C@@H]1CCCC[C@@H]1CNS(=O)(=O)c1ccco1. The van der Waals surface area contributed by atoms with Crippen molar-refractivity contribution in [2.45, 2.75) is 30.8 Å². The second-order valence-corrected chi connectivity index (χ2v) is 6.47. The second kappa shape index (κ2) is 5.75. The highest BCUT2D eigenvalue weighted by Gasteiger charge is 2.31. The molecule has 0 spiro atoms. The molecular weight excluding hydrogens is 270 g/mol. The Balaban J connectivity index is 1.99. The van der Waals surface area contributed by atoms with Gasteiger partial charge in [0.1, 0.15) is 0 Å². The van der Waals surface area contributed by atoms with Gasteiger partial charge in [0, 0.05) is 6.54 Å². The van der Waals surface area contributed by atoms with Crippen molar-refractivity contribution in [3.63, 3.8) is 0 Å². The van der Waals surface area contributed by atoms with Crippen LogP contribution in [0.1, 0.15) is 25.7 Å². The second-order valence-electron chi connectivity index (χ2n) is 4.77. The monoisotopic (exact) mass is 287 g/mol. The molecule has 0 radical (unpaired) electrons. The van der Waals surface area contributed by atoms with Crippen LogP contribution in [0.3, 0.4) is 0 Å². The summed E-state index contributed by atoms with van der Waals surface area (Å²) >= 11 is 0. The Morgan fingerprint density at radius 1 is 1.42 bits per heavy atom. The molecule has 19 heavy (non-hydrogen) atoms. The number of furan rings is 1. The summed E-state index contributed by atoms with van der Waals surface area (Å²) in [5.41, 5.74) is 0. The van der Waals surface area contributed by atoms with Crippen LogP contribution in [0.25, 0.3) is 0 Å². The van der Waals surface area contributed by atoms with E-state index in [-0.39, 0.29) is 17.6 Å². The van der Waals surface area contributed by atoms with Crippen molar-refractivity contribution in [1.82, 2.24) is 4.72 Å². The van der Waals surface area contributed by atoms with Crippen LogP contribution in [0.4, 0.5) is 0 Å². The predicted molar refractivity (Wildman–Crippen MR) is 67.0 cm³/mol. The van der Waals surface area contributed by atoms with Gasteiger partial charge in [0.25, 0.3) is 10.0 Å². The fourth-order valence-electron chi connectivity index (χ4n) is 2.48. The Kier molecular flexibility index (Phi) is 4.26. The van der Waals surface area contributed by atoms with Gasteiger partial charge in [0.2, 0.25) is 5.09 Å². The molecule has 0 saturated heterocycles. The van der Waals surface area contributed by atoms with Crippen LogP contribution in [0.5, 0.6) is 0 Å². The lowest BCUT2D eigenvalue weighted by atomic mass is 9.79. The largest absolute Gasteiger partial charge is 0.481 e. The van der Waals surface area contributed by atoms with Gasteiger partial charge in [0.05, 0.1) is 12.2 Å². The number of hydrogen-bond donors (Lipinski definition) is 2. The summed E-state index contributed by atoms with van der Waals surface area (Å²) in [6, 6.07) is 2.85. The number of hydrogen-bond acceptors (Lipinski definition) is 4. The molecule has 1 heterocycles. The van der Waals surface area contributed by atoms with Crippen molar-refractivity contribution in [2.75, 3.05) is 6.54 Å². The maximum absolute atomic E-state index is 11.9. The summed E-state index contributed by atoms with van der Waals surface area (Å²) < 4.78 is 31.0. The smallest absolute Gasteiger partial charge is 0.306 e. The number of sulfonamides is 1. The fourth-order valence-corrected chi connectivity index (χ4v) is 3.50. The maximum atomic E-state index is 11.9. The molecule has 0 bridgehead atoms. The van der Waals surface area contributed by atoms with Crippen molar-refractivity contribution in [2.24, 2.45) is 11.8 Å². The molecule has 1 aromatic heterocycles. The molecule has 2 rings (SSSR count). The van der Waals surface area contributed by atoms with E-state index in [1.807, 2.05) is 0 Å². The standard InChI is InChI=1S/C12H17NO5S/c14-12(15)10-5-2-1-4-9(10)8-13-19(16,17)11-6-3-7-18-11/h3,6-7,9-10,13H,1-2,4-5,8H2,(H,14,15)/t9-,10-/m1/s1. The van der Waals surface area contributed by atoms with Gasteiger partial charge in [0.15, 0.2) is 0 Å². The highest BCUT2D eigenvalue weighted by Crippen LogP contribution is 2.30. The predicted octanol–water partition coefficient (Wildman–Crippen LogP) is 1.45. The first-order valence-electron chi connectivity index (χ1n) is 6.26. The van der Waals surface area contributed by atoms with E-state index in [9.17, 15) is 13.2 Å². The lowest BCUT2D eigenvalue weighted by Crippen LogP contribution is -2.37. The molecule has 1 fully saturated rings. The first-order valence-corrected chi connectivity index (χ1v) is 7.75. The summed E-state index contributed by atoms with van der Waals surface area (Å²) in [6.07, 6.45) is 4.46. The quantitative estimate of drug-likeness (QED) is 0.854. The zero-order chi connectivity index (χ0) is 13.9. The van der Waals surface area contributed by atoms with Gasteiger partial charge in [-0.15, -0.1) is 0 Å². The van der Waals surface area contributed by atoms with E-state index in [1.165, 1.54) is 18.4 Å². The lowest BCUT2D eigenvalue weighted by molar-refractivity contribution is -0.144. The van der Waals surface area contributed by atoms with Crippen LogP contribution in [-0.4, -0.2) is 26.0 Å². The third-order valence-electron chi connectivity index (χ3n) is 3.52. The molecule has 0 amide bonds. The third kappa shape index (κ3) is 3.36. The minimum Gasteiger partial charge on any atom is -0.481 e. The van der Waals surface area contributed by atoms with Crippen molar-refractivity contribution >= 4 is 16.0 Å².